The average molecular weight is 403 g/mol. The van der Waals surface area contributed by atoms with Crippen molar-refractivity contribution in [3.63, 3.8) is 0 Å². The van der Waals surface area contributed by atoms with Gasteiger partial charge < -0.3 is 10.6 Å². The van der Waals surface area contributed by atoms with E-state index < -0.39 is 6.04 Å². The molecule has 1 unspecified atom stereocenters. The Balaban J connectivity index is 2.02. The van der Waals surface area contributed by atoms with E-state index in [1.807, 2.05) is 69.3 Å². The molecule has 0 radical (unpaired) electrons. The summed E-state index contributed by atoms with van der Waals surface area (Å²) in [5, 5.41) is 5.74. The highest BCUT2D eigenvalue weighted by Crippen LogP contribution is 2.20. The Morgan fingerprint density at radius 1 is 1.08 bits per heavy atom. The molecule has 5 heteroatoms. The van der Waals surface area contributed by atoms with E-state index in [4.69, 9.17) is 0 Å². The minimum absolute atomic E-state index is 0.0173. The van der Waals surface area contributed by atoms with E-state index >= 15 is 0 Å². The largest absolute Gasteiger partial charge is 0.344 e. The van der Waals surface area contributed by atoms with Gasteiger partial charge in [0.05, 0.1) is 6.42 Å². The first-order chi connectivity index (χ1) is 11.9. The fraction of sp³-hybridized carbons (Fsp3) is 0.300. The maximum Gasteiger partial charge on any atom is 0.247 e. The highest BCUT2D eigenvalue weighted by atomic mass is 79.9. The van der Waals surface area contributed by atoms with Crippen molar-refractivity contribution in [2.24, 2.45) is 5.92 Å². The fourth-order valence-corrected chi connectivity index (χ4v) is 2.73. The van der Waals surface area contributed by atoms with Crippen LogP contribution in [0.2, 0.25) is 0 Å². The molecular weight excluding hydrogens is 380 g/mol. The lowest BCUT2D eigenvalue weighted by atomic mass is 10.0. The molecule has 4 nitrogen and oxygen atoms in total. The van der Waals surface area contributed by atoms with Crippen molar-refractivity contribution in [2.45, 2.75) is 33.2 Å². The first-order valence-corrected chi connectivity index (χ1v) is 9.06. The van der Waals surface area contributed by atoms with E-state index in [-0.39, 0.29) is 24.2 Å². The number of rotatable bonds is 6. The van der Waals surface area contributed by atoms with Crippen LogP contribution in [0.1, 0.15) is 25.0 Å². The smallest absolute Gasteiger partial charge is 0.247 e. The summed E-state index contributed by atoms with van der Waals surface area (Å²) >= 11 is 3.44. The average Bonchev–Trinajstić information content (AvgIpc) is 2.56. The van der Waals surface area contributed by atoms with Crippen LogP contribution in [0.3, 0.4) is 0 Å². The van der Waals surface area contributed by atoms with Gasteiger partial charge in [-0.1, -0.05) is 60.1 Å². The Labute approximate surface area is 157 Å². The van der Waals surface area contributed by atoms with Crippen LogP contribution in [0, 0.1) is 12.8 Å². The number of amides is 2. The summed E-state index contributed by atoms with van der Waals surface area (Å²) in [6, 6.07) is 14.5. The summed E-state index contributed by atoms with van der Waals surface area (Å²) < 4.78 is 0.988. The van der Waals surface area contributed by atoms with Crippen molar-refractivity contribution < 1.29 is 9.59 Å². The Bertz CT molecular complexity index is 745. The molecule has 25 heavy (non-hydrogen) atoms. The van der Waals surface area contributed by atoms with Crippen LogP contribution in [0.5, 0.6) is 0 Å². The number of nitrogens with one attached hydrogen (secondary N) is 2. The van der Waals surface area contributed by atoms with Crippen molar-refractivity contribution in [3.05, 3.63) is 64.1 Å². The molecule has 0 saturated carbocycles. The molecule has 1 atom stereocenters. The molecule has 0 spiro atoms. The molecule has 0 aliphatic carbocycles. The minimum atomic E-state index is -0.583. The molecule has 2 aromatic rings. The number of benzene rings is 2. The summed E-state index contributed by atoms with van der Waals surface area (Å²) in [4.78, 5) is 24.9. The van der Waals surface area contributed by atoms with Gasteiger partial charge >= 0.3 is 0 Å². The zero-order chi connectivity index (χ0) is 18.4. The molecule has 0 bridgehead atoms. The zero-order valence-electron chi connectivity index (χ0n) is 14.7. The van der Waals surface area contributed by atoms with E-state index in [1.165, 1.54) is 0 Å². The van der Waals surface area contributed by atoms with Gasteiger partial charge in [-0.15, -0.1) is 0 Å². The monoisotopic (exact) mass is 402 g/mol. The maximum absolute atomic E-state index is 12.6. The van der Waals surface area contributed by atoms with E-state index in [0.29, 0.717) is 5.69 Å². The number of anilines is 1. The molecule has 0 aromatic heterocycles. The van der Waals surface area contributed by atoms with Gasteiger partial charge in [0.25, 0.3) is 0 Å². The lowest BCUT2D eigenvalue weighted by Crippen LogP contribution is -2.47. The normalized spacial score (nSPS) is 11.9. The van der Waals surface area contributed by atoms with Crippen LogP contribution < -0.4 is 10.6 Å². The third-order valence-electron chi connectivity index (χ3n) is 3.90. The molecule has 2 amide bonds. The van der Waals surface area contributed by atoms with Crippen LogP contribution in [0.25, 0.3) is 0 Å². The van der Waals surface area contributed by atoms with Gasteiger partial charge in [-0.3, -0.25) is 9.59 Å². The van der Waals surface area contributed by atoms with Crippen LogP contribution in [-0.2, 0) is 16.0 Å². The second kappa shape index (κ2) is 8.81. The Kier molecular flexibility index (Phi) is 6.76. The molecule has 2 rings (SSSR count). The lowest BCUT2D eigenvalue weighted by molar-refractivity contribution is -0.127. The summed E-state index contributed by atoms with van der Waals surface area (Å²) in [6.45, 7) is 5.79. The third-order valence-corrected chi connectivity index (χ3v) is 4.79. The van der Waals surface area contributed by atoms with Gasteiger partial charge in [0.15, 0.2) is 0 Å². The standard InChI is InChI=1S/C20H23BrN2O2/c1-13(2)19(23-18(24)12-15-7-5-4-6-8-15)20(25)22-16-9-10-17(21)14(3)11-16/h4-11,13,19H,12H2,1-3H3,(H,22,25)(H,23,24). The van der Waals surface area contributed by atoms with Crippen molar-refractivity contribution in [3.8, 4) is 0 Å². The molecule has 0 aliphatic rings. The van der Waals surface area contributed by atoms with Gasteiger partial charge in [0, 0.05) is 10.2 Å². The quantitative estimate of drug-likeness (QED) is 0.764. The van der Waals surface area contributed by atoms with Crippen molar-refractivity contribution in [1.29, 1.82) is 0 Å². The van der Waals surface area contributed by atoms with Crippen LogP contribution in [0.4, 0.5) is 5.69 Å². The molecule has 0 aliphatic heterocycles. The van der Waals surface area contributed by atoms with Gasteiger partial charge in [-0.05, 0) is 42.2 Å². The van der Waals surface area contributed by atoms with Crippen LogP contribution >= 0.6 is 15.9 Å². The van der Waals surface area contributed by atoms with Gasteiger partial charge in [0.1, 0.15) is 6.04 Å². The highest BCUT2D eigenvalue weighted by molar-refractivity contribution is 9.10. The summed E-state index contributed by atoms with van der Waals surface area (Å²) in [5.41, 5.74) is 2.67. The van der Waals surface area contributed by atoms with Gasteiger partial charge in [-0.25, -0.2) is 0 Å². The van der Waals surface area contributed by atoms with Crippen LogP contribution in [0.15, 0.2) is 53.0 Å². The second-order valence-corrected chi connectivity index (χ2v) is 7.26. The minimum Gasteiger partial charge on any atom is -0.344 e. The van der Waals surface area contributed by atoms with Gasteiger partial charge in [-0.2, -0.15) is 0 Å². The first kappa shape index (κ1) is 19.2. The topological polar surface area (TPSA) is 58.2 Å². The first-order valence-electron chi connectivity index (χ1n) is 8.27. The predicted octanol–water partition coefficient (Wildman–Crippen LogP) is 4.08. The number of halogens is 1. The molecule has 0 heterocycles. The summed E-state index contributed by atoms with van der Waals surface area (Å²) in [5.74, 6) is -0.388. The number of carbonyl (C=O) groups is 2. The van der Waals surface area contributed by atoms with E-state index in [0.717, 1.165) is 15.6 Å². The van der Waals surface area contributed by atoms with Crippen LogP contribution in [-0.4, -0.2) is 17.9 Å². The summed E-state index contributed by atoms with van der Waals surface area (Å²) in [6.07, 6.45) is 0.259. The number of hydrogen-bond acceptors (Lipinski definition) is 2. The fourth-order valence-electron chi connectivity index (χ4n) is 2.48. The number of hydrogen-bond donors (Lipinski definition) is 2. The molecule has 132 valence electrons. The Morgan fingerprint density at radius 2 is 1.76 bits per heavy atom. The SMILES string of the molecule is Cc1cc(NC(=O)C(NC(=O)Cc2ccccc2)C(C)C)ccc1Br. The van der Waals surface area contributed by atoms with E-state index in [2.05, 4.69) is 26.6 Å². The number of carbonyl (C=O) groups excluding carboxylic acids is 2. The zero-order valence-corrected chi connectivity index (χ0v) is 16.3. The second-order valence-electron chi connectivity index (χ2n) is 6.40. The lowest BCUT2D eigenvalue weighted by Gasteiger charge is -2.22. The number of aryl methyl sites for hydroxylation is 1. The van der Waals surface area contributed by atoms with Crippen molar-refractivity contribution in [1.82, 2.24) is 5.32 Å². The van der Waals surface area contributed by atoms with Crippen molar-refractivity contribution >= 4 is 33.4 Å². The third kappa shape index (κ3) is 5.71. The molecule has 2 aromatic carbocycles. The van der Waals surface area contributed by atoms with Crippen molar-refractivity contribution in [2.75, 3.05) is 5.32 Å². The van der Waals surface area contributed by atoms with E-state index in [1.54, 1.807) is 0 Å². The van der Waals surface area contributed by atoms with Gasteiger partial charge in [0.2, 0.25) is 11.8 Å². The molecule has 2 N–H and O–H groups in total. The van der Waals surface area contributed by atoms with E-state index in [9.17, 15) is 9.59 Å². The molecule has 0 fully saturated rings. The summed E-state index contributed by atoms with van der Waals surface area (Å²) in [7, 11) is 0. The highest BCUT2D eigenvalue weighted by Gasteiger charge is 2.24. The Morgan fingerprint density at radius 3 is 2.36 bits per heavy atom. The Hall–Kier alpha value is -2.14. The molecular formula is C20H23BrN2O2. The molecule has 0 saturated heterocycles. The maximum atomic E-state index is 12.6. The predicted molar refractivity (Wildman–Crippen MR) is 104 cm³/mol.